The molecule has 0 bridgehead atoms. The average molecular weight is 343 g/mol. The zero-order valence-corrected chi connectivity index (χ0v) is 14.7. The molecule has 0 aliphatic carbocycles. The quantitative estimate of drug-likeness (QED) is 0.840. The van der Waals surface area contributed by atoms with Gasteiger partial charge in [0.1, 0.15) is 11.5 Å². The minimum absolute atomic E-state index is 0.0465. The van der Waals surface area contributed by atoms with Gasteiger partial charge in [-0.3, -0.25) is 14.9 Å². The Bertz CT molecular complexity index is 686. The molecule has 1 amide bonds. The van der Waals surface area contributed by atoms with Crippen LogP contribution in [0.2, 0.25) is 0 Å². The number of pyridine rings is 1. The number of rotatable bonds is 6. The summed E-state index contributed by atoms with van der Waals surface area (Å²) >= 11 is 0. The monoisotopic (exact) mass is 343 g/mol. The van der Waals surface area contributed by atoms with E-state index in [1.54, 1.807) is 6.20 Å². The van der Waals surface area contributed by atoms with Crippen molar-refractivity contribution in [3.63, 3.8) is 0 Å². The summed E-state index contributed by atoms with van der Waals surface area (Å²) in [6.07, 6.45) is 4.40. The van der Waals surface area contributed by atoms with Crippen molar-refractivity contribution in [1.82, 2.24) is 25.5 Å². The number of nitrogens with zero attached hydrogens (tertiary/aromatic N) is 3. The number of carbonyl (C=O) groups is 1. The molecule has 0 saturated carbocycles. The second kappa shape index (κ2) is 8.20. The van der Waals surface area contributed by atoms with E-state index < -0.39 is 0 Å². The minimum Gasteiger partial charge on any atom is -0.378 e. The Morgan fingerprint density at radius 1 is 1.44 bits per heavy atom. The van der Waals surface area contributed by atoms with Gasteiger partial charge in [-0.1, -0.05) is 19.9 Å². The van der Waals surface area contributed by atoms with Gasteiger partial charge in [0.05, 0.1) is 12.6 Å². The highest BCUT2D eigenvalue weighted by molar-refractivity contribution is 5.76. The Kier molecular flexibility index (Phi) is 5.75. The van der Waals surface area contributed by atoms with E-state index in [1.807, 2.05) is 18.2 Å². The van der Waals surface area contributed by atoms with Crippen molar-refractivity contribution >= 4 is 5.91 Å². The van der Waals surface area contributed by atoms with E-state index >= 15 is 0 Å². The molecule has 0 spiro atoms. The molecular weight excluding hydrogens is 318 g/mol. The molecule has 134 valence electrons. The Balaban J connectivity index is 1.47. The summed E-state index contributed by atoms with van der Waals surface area (Å²) in [5.74, 6) is 2.09. The van der Waals surface area contributed by atoms with Crippen LogP contribution in [0.5, 0.6) is 0 Å². The van der Waals surface area contributed by atoms with E-state index in [9.17, 15) is 4.79 Å². The molecule has 0 radical (unpaired) electrons. The molecule has 1 saturated heterocycles. The lowest BCUT2D eigenvalue weighted by atomic mass is 9.88. The first kappa shape index (κ1) is 17.5. The van der Waals surface area contributed by atoms with Crippen molar-refractivity contribution in [1.29, 1.82) is 0 Å². The van der Waals surface area contributed by atoms with Crippen molar-refractivity contribution in [2.24, 2.45) is 11.8 Å². The summed E-state index contributed by atoms with van der Waals surface area (Å²) in [7, 11) is 0. The molecule has 0 aromatic carbocycles. The minimum atomic E-state index is 0.0465. The Hall–Kier alpha value is -2.28. The van der Waals surface area contributed by atoms with Crippen LogP contribution in [0, 0.1) is 11.8 Å². The molecule has 2 aromatic heterocycles. The molecule has 2 aromatic rings. The highest BCUT2D eigenvalue weighted by Gasteiger charge is 2.26. The van der Waals surface area contributed by atoms with Gasteiger partial charge in [-0.15, -0.1) is 0 Å². The van der Waals surface area contributed by atoms with E-state index in [-0.39, 0.29) is 12.0 Å². The molecule has 2 N–H and O–H groups in total. The van der Waals surface area contributed by atoms with Crippen LogP contribution in [0.4, 0.5) is 0 Å². The zero-order valence-electron chi connectivity index (χ0n) is 14.7. The smallest absolute Gasteiger partial charge is 0.220 e. The number of hydrogen-bond donors (Lipinski definition) is 2. The van der Waals surface area contributed by atoms with Gasteiger partial charge >= 0.3 is 0 Å². The third-order valence-corrected chi connectivity index (χ3v) is 4.52. The molecule has 1 fully saturated rings. The maximum Gasteiger partial charge on any atom is 0.220 e. The lowest BCUT2D eigenvalue weighted by Gasteiger charge is -2.31. The standard InChI is InChI=1S/C18H25N5O2/c1-12(2)15-9-13(6-8-25-15)10-17(24)20-11-16-21-18(23-22-16)14-5-3-4-7-19-14/h3-5,7,12-13,15H,6,8-11H2,1-2H3,(H,20,24)(H,21,22,23). The van der Waals surface area contributed by atoms with Gasteiger partial charge in [-0.05, 0) is 36.8 Å². The van der Waals surface area contributed by atoms with Crippen LogP contribution >= 0.6 is 0 Å². The fourth-order valence-corrected chi connectivity index (χ4v) is 3.05. The highest BCUT2D eigenvalue weighted by atomic mass is 16.5. The Morgan fingerprint density at radius 3 is 3.08 bits per heavy atom. The number of aromatic amines is 1. The largest absolute Gasteiger partial charge is 0.378 e. The second-order valence-corrected chi connectivity index (χ2v) is 6.85. The summed E-state index contributed by atoms with van der Waals surface area (Å²) in [5.41, 5.74) is 0.707. The maximum absolute atomic E-state index is 12.2. The topological polar surface area (TPSA) is 92.8 Å². The van der Waals surface area contributed by atoms with Crippen LogP contribution in [0.3, 0.4) is 0 Å². The molecule has 25 heavy (non-hydrogen) atoms. The summed E-state index contributed by atoms with van der Waals surface area (Å²) in [6, 6.07) is 5.58. The zero-order chi connectivity index (χ0) is 17.6. The predicted molar refractivity (Wildman–Crippen MR) is 93.4 cm³/mol. The molecule has 2 unspecified atom stereocenters. The van der Waals surface area contributed by atoms with Crippen LogP contribution in [-0.4, -0.2) is 38.8 Å². The molecule has 3 heterocycles. The normalized spacial score (nSPS) is 20.6. The fraction of sp³-hybridized carbons (Fsp3) is 0.556. The van der Waals surface area contributed by atoms with Crippen molar-refractivity contribution in [3.05, 3.63) is 30.2 Å². The summed E-state index contributed by atoms with van der Waals surface area (Å²) < 4.78 is 5.76. The lowest BCUT2D eigenvalue weighted by molar-refractivity contribution is -0.123. The van der Waals surface area contributed by atoms with Crippen molar-refractivity contribution < 1.29 is 9.53 Å². The van der Waals surface area contributed by atoms with E-state index in [2.05, 4.69) is 39.3 Å². The highest BCUT2D eigenvalue weighted by Crippen LogP contribution is 2.27. The van der Waals surface area contributed by atoms with Crippen LogP contribution in [0.25, 0.3) is 11.5 Å². The number of nitrogens with one attached hydrogen (secondary N) is 2. The van der Waals surface area contributed by atoms with Crippen LogP contribution in [0.15, 0.2) is 24.4 Å². The number of amides is 1. The van der Waals surface area contributed by atoms with Gasteiger partial charge < -0.3 is 10.1 Å². The lowest BCUT2D eigenvalue weighted by Crippen LogP contribution is -2.33. The van der Waals surface area contributed by atoms with Gasteiger partial charge in [0.25, 0.3) is 0 Å². The van der Waals surface area contributed by atoms with Gasteiger partial charge in [0.15, 0.2) is 5.82 Å². The second-order valence-electron chi connectivity index (χ2n) is 6.85. The number of hydrogen-bond acceptors (Lipinski definition) is 5. The molecular formula is C18H25N5O2. The summed E-state index contributed by atoms with van der Waals surface area (Å²) in [5, 5.41) is 9.91. The number of H-pyrrole nitrogens is 1. The predicted octanol–water partition coefficient (Wildman–Crippen LogP) is 2.32. The van der Waals surface area contributed by atoms with E-state index in [0.717, 1.165) is 19.4 Å². The van der Waals surface area contributed by atoms with E-state index in [0.29, 0.717) is 42.1 Å². The van der Waals surface area contributed by atoms with Crippen molar-refractivity contribution in [2.75, 3.05) is 6.61 Å². The summed E-state index contributed by atoms with van der Waals surface area (Å²) in [6.45, 7) is 5.41. The SMILES string of the molecule is CC(C)C1CC(CC(=O)NCc2nc(-c3ccccn3)n[nH]2)CCO1. The van der Waals surface area contributed by atoms with Gasteiger partial charge in [-0.25, -0.2) is 4.98 Å². The third kappa shape index (κ3) is 4.85. The molecule has 7 heteroatoms. The molecule has 2 atom stereocenters. The molecule has 3 rings (SSSR count). The summed E-state index contributed by atoms with van der Waals surface area (Å²) in [4.78, 5) is 20.8. The Morgan fingerprint density at radius 2 is 2.32 bits per heavy atom. The molecule has 7 nitrogen and oxygen atoms in total. The van der Waals surface area contributed by atoms with E-state index in [4.69, 9.17) is 4.74 Å². The van der Waals surface area contributed by atoms with Gasteiger partial charge in [0.2, 0.25) is 5.91 Å². The maximum atomic E-state index is 12.2. The van der Waals surface area contributed by atoms with Crippen molar-refractivity contribution in [3.8, 4) is 11.5 Å². The number of aromatic nitrogens is 4. The van der Waals surface area contributed by atoms with Crippen LogP contribution in [-0.2, 0) is 16.1 Å². The third-order valence-electron chi connectivity index (χ3n) is 4.52. The van der Waals surface area contributed by atoms with Crippen LogP contribution in [0.1, 0.15) is 38.9 Å². The first-order chi connectivity index (χ1) is 12.1. The van der Waals surface area contributed by atoms with Crippen LogP contribution < -0.4 is 5.32 Å². The first-order valence-corrected chi connectivity index (χ1v) is 8.83. The molecule has 1 aliphatic heterocycles. The number of carbonyl (C=O) groups excluding carboxylic acids is 1. The first-order valence-electron chi connectivity index (χ1n) is 8.83. The average Bonchev–Trinajstić information content (AvgIpc) is 3.10. The van der Waals surface area contributed by atoms with Gasteiger partial charge in [-0.2, -0.15) is 5.10 Å². The number of ether oxygens (including phenoxy) is 1. The molecule has 1 aliphatic rings. The fourth-order valence-electron chi connectivity index (χ4n) is 3.05. The van der Waals surface area contributed by atoms with E-state index in [1.165, 1.54) is 0 Å². The van der Waals surface area contributed by atoms with Gasteiger partial charge in [0, 0.05) is 19.2 Å². The Labute approximate surface area is 147 Å². The van der Waals surface area contributed by atoms with Crippen molar-refractivity contribution in [2.45, 2.75) is 45.8 Å².